The van der Waals surface area contributed by atoms with Crippen molar-refractivity contribution < 1.29 is 5.11 Å². The highest BCUT2D eigenvalue weighted by Gasteiger charge is 2.20. The molecule has 94 valence electrons. The van der Waals surface area contributed by atoms with E-state index in [1.54, 1.807) is 0 Å². The zero-order valence-electron chi connectivity index (χ0n) is 10.4. The normalized spacial score (nSPS) is 24.6. The van der Waals surface area contributed by atoms with Crippen LogP contribution in [-0.2, 0) is 0 Å². The van der Waals surface area contributed by atoms with Crippen LogP contribution in [0.5, 0.6) is 0 Å². The van der Waals surface area contributed by atoms with Crippen molar-refractivity contribution in [1.82, 2.24) is 0 Å². The Morgan fingerprint density at radius 2 is 2.24 bits per heavy atom. The Morgan fingerprint density at radius 1 is 1.41 bits per heavy atom. The van der Waals surface area contributed by atoms with E-state index in [-0.39, 0.29) is 6.10 Å². The summed E-state index contributed by atoms with van der Waals surface area (Å²) < 4.78 is 0. The first-order valence-corrected chi connectivity index (χ1v) is 6.44. The molecule has 0 bridgehead atoms. The fraction of sp³-hybridized carbons (Fsp3) is 0.571. The van der Waals surface area contributed by atoms with Crippen LogP contribution in [0.15, 0.2) is 18.2 Å². The van der Waals surface area contributed by atoms with E-state index < -0.39 is 0 Å². The number of rotatable bonds is 3. The Hall–Kier alpha value is -1.22. The maximum absolute atomic E-state index is 9.63. The molecule has 1 fully saturated rings. The Morgan fingerprint density at radius 3 is 2.94 bits per heavy atom. The lowest BCUT2D eigenvalue weighted by Gasteiger charge is -2.26. The molecule has 1 saturated carbocycles. The number of hydrogen-bond donors (Lipinski definition) is 3. The minimum Gasteiger partial charge on any atom is -0.397 e. The summed E-state index contributed by atoms with van der Waals surface area (Å²) in [6.07, 6.45) is 4.11. The van der Waals surface area contributed by atoms with Crippen molar-refractivity contribution >= 4 is 11.4 Å². The minimum atomic E-state index is -0.107. The molecule has 3 nitrogen and oxygen atoms in total. The molecule has 2 unspecified atom stereocenters. The molecule has 4 N–H and O–H groups in total. The molecule has 0 radical (unpaired) electrons. The molecule has 1 aromatic carbocycles. The number of hydrogen-bond acceptors (Lipinski definition) is 3. The van der Waals surface area contributed by atoms with E-state index in [0.29, 0.717) is 5.92 Å². The molecule has 1 aliphatic rings. The van der Waals surface area contributed by atoms with Crippen LogP contribution in [0, 0.1) is 12.8 Å². The van der Waals surface area contributed by atoms with E-state index in [9.17, 15) is 5.11 Å². The summed E-state index contributed by atoms with van der Waals surface area (Å²) in [6.45, 7) is 2.97. The van der Waals surface area contributed by atoms with Gasteiger partial charge in [0.25, 0.3) is 0 Å². The minimum absolute atomic E-state index is 0.107. The summed E-state index contributed by atoms with van der Waals surface area (Å²) in [4.78, 5) is 0. The van der Waals surface area contributed by atoms with Crippen molar-refractivity contribution in [3.05, 3.63) is 23.8 Å². The van der Waals surface area contributed by atoms with Crippen LogP contribution in [0.2, 0.25) is 0 Å². The SMILES string of the molecule is Cc1cccc(N)c1NCC1CCCC(O)C1. The number of aryl methyl sites for hydroxylation is 1. The van der Waals surface area contributed by atoms with E-state index in [4.69, 9.17) is 5.73 Å². The van der Waals surface area contributed by atoms with Crippen LogP contribution in [0.4, 0.5) is 11.4 Å². The molecule has 1 aromatic rings. The van der Waals surface area contributed by atoms with Gasteiger partial charge in [-0.1, -0.05) is 18.6 Å². The number of nitrogens with two attached hydrogens (primary N) is 1. The van der Waals surface area contributed by atoms with Gasteiger partial charge in [0.05, 0.1) is 17.5 Å². The molecule has 0 heterocycles. The predicted molar refractivity (Wildman–Crippen MR) is 72.0 cm³/mol. The monoisotopic (exact) mass is 234 g/mol. The molecule has 0 saturated heterocycles. The summed E-state index contributed by atoms with van der Waals surface area (Å²) in [5.74, 6) is 0.567. The molecule has 2 atom stereocenters. The molecule has 0 amide bonds. The molecule has 1 aliphatic carbocycles. The fourth-order valence-corrected chi connectivity index (χ4v) is 2.63. The summed E-state index contributed by atoms with van der Waals surface area (Å²) in [5.41, 5.74) is 8.99. The van der Waals surface area contributed by atoms with Crippen molar-refractivity contribution in [2.75, 3.05) is 17.6 Å². The highest BCUT2D eigenvalue weighted by Crippen LogP contribution is 2.27. The topological polar surface area (TPSA) is 58.3 Å². The number of aliphatic hydroxyl groups is 1. The quantitative estimate of drug-likeness (QED) is 0.704. The maximum Gasteiger partial charge on any atom is 0.0603 e. The van der Waals surface area contributed by atoms with Crippen molar-refractivity contribution in [3.63, 3.8) is 0 Å². The van der Waals surface area contributed by atoms with Gasteiger partial charge in [-0.05, 0) is 43.7 Å². The molecule has 0 spiro atoms. The second-order valence-electron chi connectivity index (χ2n) is 5.11. The van der Waals surface area contributed by atoms with E-state index in [2.05, 4.69) is 18.3 Å². The van der Waals surface area contributed by atoms with E-state index in [1.807, 2.05) is 12.1 Å². The van der Waals surface area contributed by atoms with Gasteiger partial charge in [-0.25, -0.2) is 0 Å². The van der Waals surface area contributed by atoms with E-state index in [0.717, 1.165) is 37.2 Å². The van der Waals surface area contributed by atoms with Gasteiger partial charge in [0.2, 0.25) is 0 Å². The largest absolute Gasteiger partial charge is 0.397 e. The third kappa shape index (κ3) is 3.13. The average Bonchev–Trinajstić information content (AvgIpc) is 2.28. The van der Waals surface area contributed by atoms with Crippen LogP contribution in [0.3, 0.4) is 0 Å². The lowest BCUT2D eigenvalue weighted by molar-refractivity contribution is 0.105. The summed E-state index contributed by atoms with van der Waals surface area (Å²) in [7, 11) is 0. The molecular formula is C14H22N2O. The first-order valence-electron chi connectivity index (χ1n) is 6.44. The van der Waals surface area contributed by atoms with Gasteiger partial charge in [0, 0.05) is 6.54 Å². The Balaban J connectivity index is 1.93. The van der Waals surface area contributed by atoms with Gasteiger partial charge in [-0.2, -0.15) is 0 Å². The van der Waals surface area contributed by atoms with Crippen LogP contribution in [-0.4, -0.2) is 17.8 Å². The van der Waals surface area contributed by atoms with Crippen molar-refractivity contribution in [2.45, 2.75) is 38.7 Å². The second kappa shape index (κ2) is 5.41. The number of benzene rings is 1. The van der Waals surface area contributed by atoms with Crippen molar-refractivity contribution in [2.24, 2.45) is 5.92 Å². The Labute approximate surface area is 103 Å². The molecular weight excluding hydrogens is 212 g/mol. The van der Waals surface area contributed by atoms with Gasteiger partial charge >= 0.3 is 0 Å². The smallest absolute Gasteiger partial charge is 0.0603 e. The fourth-order valence-electron chi connectivity index (χ4n) is 2.63. The first kappa shape index (κ1) is 12.2. The summed E-state index contributed by atoms with van der Waals surface area (Å²) in [6, 6.07) is 5.96. The first-order chi connectivity index (χ1) is 8.16. The van der Waals surface area contributed by atoms with Crippen molar-refractivity contribution in [1.29, 1.82) is 0 Å². The number of nitrogen functional groups attached to an aromatic ring is 1. The lowest BCUT2D eigenvalue weighted by Crippen LogP contribution is -2.25. The summed E-state index contributed by atoms with van der Waals surface area (Å²) in [5, 5.41) is 13.1. The third-order valence-corrected chi connectivity index (χ3v) is 3.63. The molecule has 0 aliphatic heterocycles. The van der Waals surface area contributed by atoms with Crippen LogP contribution < -0.4 is 11.1 Å². The molecule has 3 heteroatoms. The number of aliphatic hydroxyl groups excluding tert-OH is 1. The standard InChI is InChI=1S/C14H22N2O/c1-10-4-2-7-13(15)14(10)16-9-11-5-3-6-12(17)8-11/h2,4,7,11-12,16-17H,3,5-6,8-9,15H2,1H3. The summed E-state index contributed by atoms with van der Waals surface area (Å²) >= 11 is 0. The number of para-hydroxylation sites is 1. The van der Waals surface area contributed by atoms with Gasteiger partial charge < -0.3 is 16.2 Å². The molecule has 17 heavy (non-hydrogen) atoms. The second-order valence-corrected chi connectivity index (χ2v) is 5.11. The number of anilines is 2. The Kier molecular flexibility index (Phi) is 3.89. The number of nitrogens with one attached hydrogen (secondary N) is 1. The van der Waals surface area contributed by atoms with Crippen LogP contribution in [0.25, 0.3) is 0 Å². The highest BCUT2D eigenvalue weighted by molar-refractivity contribution is 5.69. The van der Waals surface area contributed by atoms with Gasteiger partial charge in [0.15, 0.2) is 0 Å². The van der Waals surface area contributed by atoms with Crippen molar-refractivity contribution in [3.8, 4) is 0 Å². The van der Waals surface area contributed by atoms with Crippen LogP contribution >= 0.6 is 0 Å². The zero-order chi connectivity index (χ0) is 12.3. The van der Waals surface area contributed by atoms with E-state index >= 15 is 0 Å². The van der Waals surface area contributed by atoms with E-state index in [1.165, 1.54) is 12.0 Å². The average molecular weight is 234 g/mol. The third-order valence-electron chi connectivity index (χ3n) is 3.63. The predicted octanol–water partition coefficient (Wildman–Crippen LogP) is 2.54. The maximum atomic E-state index is 9.63. The molecule has 0 aromatic heterocycles. The molecule has 2 rings (SSSR count). The van der Waals surface area contributed by atoms with Gasteiger partial charge in [0.1, 0.15) is 0 Å². The highest BCUT2D eigenvalue weighted by atomic mass is 16.3. The van der Waals surface area contributed by atoms with Crippen LogP contribution in [0.1, 0.15) is 31.2 Å². The van der Waals surface area contributed by atoms with Gasteiger partial charge in [-0.3, -0.25) is 0 Å². The van der Waals surface area contributed by atoms with Gasteiger partial charge in [-0.15, -0.1) is 0 Å². The zero-order valence-corrected chi connectivity index (χ0v) is 10.4. The lowest BCUT2D eigenvalue weighted by atomic mass is 9.87. The Bertz CT molecular complexity index is 358.